The molecule has 3 heterocycles. The van der Waals surface area contributed by atoms with E-state index in [2.05, 4.69) is 25.3 Å². The number of carboxylic acid groups (broad SMARTS) is 1. The van der Waals surface area contributed by atoms with Gasteiger partial charge in [0.1, 0.15) is 17.8 Å². The Morgan fingerprint density at radius 3 is 2.80 bits per heavy atom. The van der Waals surface area contributed by atoms with Crippen LogP contribution in [0.5, 0.6) is 5.75 Å². The molecule has 4 aromatic rings. The van der Waals surface area contributed by atoms with Crippen molar-refractivity contribution >= 4 is 22.8 Å². The number of H-pyrrole nitrogens is 1. The zero-order valence-corrected chi connectivity index (χ0v) is 19.6. The number of pyridine rings is 1. The number of benzene rings is 1. The van der Waals surface area contributed by atoms with E-state index in [1.54, 1.807) is 13.3 Å². The molecular weight excluding hydrogens is 450 g/mol. The van der Waals surface area contributed by atoms with E-state index in [0.29, 0.717) is 43.0 Å². The highest BCUT2D eigenvalue weighted by Crippen LogP contribution is 2.33. The fraction of sp³-hybridized carbons (Fsp3) is 0.320. The number of nitrogens with one attached hydrogen (secondary N) is 2. The van der Waals surface area contributed by atoms with Gasteiger partial charge in [-0.05, 0) is 31.9 Å². The summed E-state index contributed by atoms with van der Waals surface area (Å²) in [5, 5.41) is 12.8. The van der Waals surface area contributed by atoms with Gasteiger partial charge in [0.2, 0.25) is 5.78 Å². The minimum Gasteiger partial charge on any atom is -0.496 e. The number of nitrogens with zero attached hydrogens (tertiary/aromatic N) is 3. The molecule has 1 amide bonds. The number of hydrogen-bond acceptors (Lipinski definition) is 7. The van der Waals surface area contributed by atoms with Crippen molar-refractivity contribution in [1.82, 2.24) is 25.3 Å². The molecule has 0 aliphatic rings. The Bertz CT molecular complexity index is 1320. The summed E-state index contributed by atoms with van der Waals surface area (Å²) in [5.41, 5.74) is 3.27. The van der Waals surface area contributed by atoms with Crippen molar-refractivity contribution in [2.75, 3.05) is 7.11 Å². The maximum absolute atomic E-state index is 12.0. The minimum atomic E-state index is -1.13. The number of rotatable bonds is 11. The van der Waals surface area contributed by atoms with Gasteiger partial charge in [-0.1, -0.05) is 18.9 Å². The number of Topliss-reactive ketones (excluding diaryl/α,β-unsaturated/α-hetero) is 1. The highest BCUT2D eigenvalue weighted by molar-refractivity contribution is 5.91. The van der Waals surface area contributed by atoms with E-state index in [1.165, 1.54) is 12.5 Å². The van der Waals surface area contributed by atoms with Gasteiger partial charge >= 0.3 is 6.09 Å². The quantitative estimate of drug-likeness (QED) is 0.201. The Balaban J connectivity index is 1.44. The maximum atomic E-state index is 12.0. The summed E-state index contributed by atoms with van der Waals surface area (Å²) in [6, 6.07) is 7.29. The number of aromatic amines is 1. The molecule has 1 atom stereocenters. The third-order valence-electron chi connectivity index (χ3n) is 5.73. The average molecular weight is 478 g/mol. The van der Waals surface area contributed by atoms with Gasteiger partial charge in [0, 0.05) is 29.1 Å². The summed E-state index contributed by atoms with van der Waals surface area (Å²) in [6.45, 7) is 1.94. The predicted octanol–water partition coefficient (Wildman–Crippen LogP) is 5.07. The smallest absolute Gasteiger partial charge is 0.405 e. The number of amides is 1. The number of imidazole rings is 1. The number of unbranched alkanes of at least 4 members (excludes halogenated alkanes) is 2. The topological polar surface area (TPSA) is 143 Å². The number of carbonyl (C=O) groups excluding carboxylic acids is 1. The summed E-state index contributed by atoms with van der Waals surface area (Å²) >= 11 is 0. The molecule has 3 N–H and O–H groups in total. The van der Waals surface area contributed by atoms with Gasteiger partial charge in [0.15, 0.2) is 0 Å². The van der Waals surface area contributed by atoms with Crippen LogP contribution in [-0.4, -0.2) is 44.0 Å². The molecule has 0 radical (unpaired) electrons. The Labute approximate surface area is 201 Å². The molecule has 0 spiro atoms. The molecule has 10 heteroatoms. The van der Waals surface area contributed by atoms with Crippen LogP contribution in [0.1, 0.15) is 60.3 Å². The summed E-state index contributed by atoms with van der Waals surface area (Å²) < 4.78 is 10.6. The monoisotopic (exact) mass is 477 g/mol. The Morgan fingerprint density at radius 2 is 2.06 bits per heavy atom. The standard InChI is InChI=1S/C25H27N5O5/c1-15-8-9-16-12-17(22(34-2)13-19(16)28-15)20-14-27-23(29-20)18(30-25(32)33)6-4-3-5-7-21(31)24-26-10-11-35-24/h8-14,18,30H,3-7H2,1-2H3,(H,27,29)(H,32,33). The normalized spacial score (nSPS) is 11.9. The summed E-state index contributed by atoms with van der Waals surface area (Å²) in [5.74, 6) is 1.14. The first-order valence-electron chi connectivity index (χ1n) is 11.4. The van der Waals surface area contributed by atoms with Crippen LogP contribution in [0, 0.1) is 6.92 Å². The highest BCUT2D eigenvalue weighted by atomic mass is 16.5. The number of fused-ring (bicyclic) bond motifs is 1. The molecule has 4 rings (SSSR count). The second kappa shape index (κ2) is 10.8. The van der Waals surface area contributed by atoms with Crippen LogP contribution < -0.4 is 10.1 Å². The second-order valence-corrected chi connectivity index (χ2v) is 8.24. The molecule has 0 bridgehead atoms. The molecule has 3 aromatic heterocycles. The van der Waals surface area contributed by atoms with Crippen molar-refractivity contribution < 1.29 is 23.8 Å². The lowest BCUT2D eigenvalue weighted by atomic mass is 10.1. The number of carbonyl (C=O) groups is 2. The van der Waals surface area contributed by atoms with E-state index >= 15 is 0 Å². The number of ketones is 1. The molecule has 0 aliphatic carbocycles. The highest BCUT2D eigenvalue weighted by Gasteiger charge is 2.19. The van der Waals surface area contributed by atoms with Gasteiger partial charge in [-0.2, -0.15) is 0 Å². The van der Waals surface area contributed by atoms with Crippen molar-refractivity contribution in [2.45, 2.75) is 45.1 Å². The summed E-state index contributed by atoms with van der Waals surface area (Å²) in [6.07, 6.45) is 6.35. The van der Waals surface area contributed by atoms with E-state index in [4.69, 9.17) is 9.15 Å². The molecule has 35 heavy (non-hydrogen) atoms. The molecule has 0 saturated heterocycles. The third kappa shape index (κ3) is 5.84. The average Bonchev–Trinajstić information content (AvgIpc) is 3.54. The molecular formula is C25H27N5O5. The van der Waals surface area contributed by atoms with E-state index in [9.17, 15) is 14.7 Å². The van der Waals surface area contributed by atoms with Gasteiger partial charge in [-0.15, -0.1) is 0 Å². The van der Waals surface area contributed by atoms with Gasteiger partial charge in [0.25, 0.3) is 5.89 Å². The van der Waals surface area contributed by atoms with Gasteiger partial charge in [0.05, 0.1) is 36.8 Å². The molecule has 10 nitrogen and oxygen atoms in total. The first kappa shape index (κ1) is 23.9. The van der Waals surface area contributed by atoms with E-state index in [1.807, 2.05) is 31.2 Å². The third-order valence-corrected chi connectivity index (χ3v) is 5.73. The zero-order valence-electron chi connectivity index (χ0n) is 19.6. The Kier molecular flexibility index (Phi) is 7.39. The fourth-order valence-electron chi connectivity index (χ4n) is 3.99. The SMILES string of the molecule is COc1cc2nc(C)ccc2cc1-c1cnc(C(CCCCCC(=O)c2ncco2)NC(=O)O)[nH]1. The van der Waals surface area contributed by atoms with Crippen LogP contribution in [0.15, 0.2) is 47.3 Å². The van der Waals surface area contributed by atoms with Gasteiger partial charge in [-0.25, -0.2) is 14.8 Å². The van der Waals surface area contributed by atoms with Crippen molar-refractivity contribution in [3.63, 3.8) is 0 Å². The summed E-state index contributed by atoms with van der Waals surface area (Å²) in [4.78, 5) is 39.5. The number of hydrogen-bond donors (Lipinski definition) is 3. The predicted molar refractivity (Wildman–Crippen MR) is 128 cm³/mol. The van der Waals surface area contributed by atoms with Crippen LogP contribution in [0.25, 0.3) is 22.2 Å². The van der Waals surface area contributed by atoms with E-state index in [0.717, 1.165) is 28.6 Å². The maximum Gasteiger partial charge on any atom is 0.405 e. The number of methoxy groups -OCH3 is 1. The zero-order chi connectivity index (χ0) is 24.8. The van der Waals surface area contributed by atoms with E-state index < -0.39 is 12.1 Å². The second-order valence-electron chi connectivity index (χ2n) is 8.24. The van der Waals surface area contributed by atoms with E-state index in [-0.39, 0.29) is 11.7 Å². The number of aryl methyl sites for hydroxylation is 1. The van der Waals surface area contributed by atoms with Crippen molar-refractivity contribution in [3.05, 3.63) is 60.3 Å². The molecule has 182 valence electrons. The lowest BCUT2D eigenvalue weighted by Gasteiger charge is -2.15. The number of aromatic nitrogens is 4. The van der Waals surface area contributed by atoms with Crippen LogP contribution in [0.4, 0.5) is 4.79 Å². The number of ether oxygens (including phenoxy) is 1. The molecule has 0 fully saturated rings. The Hall–Kier alpha value is -4.21. The Morgan fingerprint density at radius 1 is 1.20 bits per heavy atom. The van der Waals surface area contributed by atoms with Gasteiger partial charge < -0.3 is 24.6 Å². The lowest BCUT2D eigenvalue weighted by molar-refractivity contribution is 0.0945. The number of oxazole rings is 1. The van der Waals surface area contributed by atoms with Gasteiger partial charge in [-0.3, -0.25) is 9.78 Å². The minimum absolute atomic E-state index is 0.119. The van der Waals surface area contributed by atoms with Crippen molar-refractivity contribution in [3.8, 4) is 17.0 Å². The summed E-state index contributed by atoms with van der Waals surface area (Å²) in [7, 11) is 1.60. The molecule has 1 aromatic carbocycles. The van der Waals surface area contributed by atoms with Crippen molar-refractivity contribution in [2.24, 2.45) is 0 Å². The largest absolute Gasteiger partial charge is 0.496 e. The van der Waals surface area contributed by atoms with Crippen LogP contribution >= 0.6 is 0 Å². The molecule has 0 saturated carbocycles. The fourth-order valence-corrected chi connectivity index (χ4v) is 3.99. The first-order valence-corrected chi connectivity index (χ1v) is 11.4. The lowest BCUT2D eigenvalue weighted by Crippen LogP contribution is -2.27. The molecule has 0 aliphatic heterocycles. The first-order chi connectivity index (χ1) is 16.9. The van der Waals surface area contributed by atoms with Crippen LogP contribution in [-0.2, 0) is 0 Å². The van der Waals surface area contributed by atoms with Crippen molar-refractivity contribution in [1.29, 1.82) is 0 Å². The molecule has 1 unspecified atom stereocenters. The van der Waals surface area contributed by atoms with Crippen LogP contribution in [0.3, 0.4) is 0 Å². The van der Waals surface area contributed by atoms with Crippen LogP contribution in [0.2, 0.25) is 0 Å².